The van der Waals surface area contributed by atoms with Gasteiger partial charge in [0.2, 0.25) is 0 Å². The Labute approximate surface area is 114 Å². The summed E-state index contributed by atoms with van der Waals surface area (Å²) < 4.78 is 1.04. The lowest BCUT2D eigenvalue weighted by Gasteiger charge is -2.23. The molecule has 0 bridgehead atoms. The van der Waals surface area contributed by atoms with Crippen LogP contribution < -0.4 is 10.6 Å². The van der Waals surface area contributed by atoms with Crippen molar-refractivity contribution in [3.05, 3.63) is 20.3 Å². The molecule has 1 atom stereocenters. The Morgan fingerprint density at radius 1 is 1.65 bits per heavy atom. The zero-order valence-electron chi connectivity index (χ0n) is 9.88. The number of halogens is 1. The van der Waals surface area contributed by atoms with Crippen molar-refractivity contribution in [2.45, 2.75) is 32.2 Å². The summed E-state index contributed by atoms with van der Waals surface area (Å²) in [6, 6.07) is 2.37. The van der Waals surface area contributed by atoms with E-state index in [0.29, 0.717) is 6.04 Å². The van der Waals surface area contributed by atoms with E-state index < -0.39 is 0 Å². The molecular formula is C12H17BrN2OS. The van der Waals surface area contributed by atoms with Crippen LogP contribution in [0.5, 0.6) is 0 Å². The molecule has 1 fully saturated rings. The number of rotatable bonds is 3. The van der Waals surface area contributed by atoms with Gasteiger partial charge in [-0.15, -0.1) is 11.3 Å². The lowest BCUT2D eigenvalue weighted by molar-refractivity contribution is 0.0952. The molecule has 0 saturated carbocycles. The summed E-state index contributed by atoms with van der Waals surface area (Å²) >= 11 is 4.93. The third kappa shape index (κ3) is 3.53. The van der Waals surface area contributed by atoms with Crippen LogP contribution in [-0.2, 0) is 0 Å². The summed E-state index contributed by atoms with van der Waals surface area (Å²) in [6.45, 7) is 3.80. The van der Waals surface area contributed by atoms with E-state index in [1.165, 1.54) is 24.2 Å². The van der Waals surface area contributed by atoms with Gasteiger partial charge < -0.3 is 10.6 Å². The van der Waals surface area contributed by atoms with E-state index in [4.69, 9.17) is 0 Å². The van der Waals surface area contributed by atoms with Gasteiger partial charge in [0, 0.05) is 12.6 Å². The van der Waals surface area contributed by atoms with Crippen molar-refractivity contribution in [2.75, 3.05) is 13.1 Å². The van der Waals surface area contributed by atoms with Crippen molar-refractivity contribution in [2.24, 2.45) is 0 Å². The van der Waals surface area contributed by atoms with Gasteiger partial charge in [-0.05, 0) is 53.9 Å². The quantitative estimate of drug-likeness (QED) is 0.900. The number of hydrogen-bond acceptors (Lipinski definition) is 3. The second-order valence-corrected chi connectivity index (χ2v) is 6.79. The van der Waals surface area contributed by atoms with E-state index in [0.717, 1.165) is 33.7 Å². The topological polar surface area (TPSA) is 41.1 Å². The van der Waals surface area contributed by atoms with Crippen LogP contribution in [-0.4, -0.2) is 25.0 Å². The van der Waals surface area contributed by atoms with Crippen molar-refractivity contribution in [3.8, 4) is 0 Å². The van der Waals surface area contributed by atoms with Gasteiger partial charge in [0.05, 0.1) is 8.66 Å². The lowest BCUT2D eigenvalue weighted by Crippen LogP contribution is -2.43. The molecule has 1 unspecified atom stereocenters. The van der Waals surface area contributed by atoms with Crippen molar-refractivity contribution < 1.29 is 4.79 Å². The highest BCUT2D eigenvalue weighted by atomic mass is 79.9. The zero-order chi connectivity index (χ0) is 12.3. The highest BCUT2D eigenvalue weighted by Gasteiger charge is 2.15. The van der Waals surface area contributed by atoms with Gasteiger partial charge in [0.15, 0.2) is 0 Å². The first-order chi connectivity index (χ1) is 8.16. The first-order valence-corrected chi connectivity index (χ1v) is 7.55. The molecule has 1 aromatic heterocycles. The normalized spacial score (nSPS) is 20.2. The van der Waals surface area contributed by atoms with Gasteiger partial charge in [0.1, 0.15) is 0 Å². The molecule has 17 heavy (non-hydrogen) atoms. The van der Waals surface area contributed by atoms with E-state index in [9.17, 15) is 4.79 Å². The van der Waals surface area contributed by atoms with Crippen LogP contribution in [0.25, 0.3) is 0 Å². The van der Waals surface area contributed by atoms with Crippen molar-refractivity contribution >= 4 is 33.2 Å². The number of piperidine rings is 1. The Balaban J connectivity index is 1.84. The molecule has 1 aromatic rings. The van der Waals surface area contributed by atoms with Crippen LogP contribution in [0.2, 0.25) is 0 Å². The largest absolute Gasteiger partial charge is 0.350 e. The van der Waals surface area contributed by atoms with Gasteiger partial charge in [-0.2, -0.15) is 0 Å². The smallest absolute Gasteiger partial charge is 0.261 e. The maximum Gasteiger partial charge on any atom is 0.261 e. The number of carbonyl (C=O) groups is 1. The van der Waals surface area contributed by atoms with Crippen molar-refractivity contribution in [1.82, 2.24) is 10.6 Å². The highest BCUT2D eigenvalue weighted by Crippen LogP contribution is 2.27. The fourth-order valence-electron chi connectivity index (χ4n) is 1.97. The fraction of sp³-hybridized carbons (Fsp3) is 0.583. The Kier molecular flexibility index (Phi) is 4.59. The minimum absolute atomic E-state index is 0.0381. The number of hydrogen-bond donors (Lipinski definition) is 2. The number of thiophene rings is 1. The number of nitrogens with one attached hydrogen (secondary N) is 2. The van der Waals surface area contributed by atoms with E-state index in [-0.39, 0.29) is 5.91 Å². The summed E-state index contributed by atoms with van der Waals surface area (Å²) in [4.78, 5) is 12.7. The monoisotopic (exact) mass is 316 g/mol. The molecule has 2 heterocycles. The first kappa shape index (κ1) is 13.1. The maximum absolute atomic E-state index is 11.9. The third-order valence-electron chi connectivity index (χ3n) is 3.00. The standard InChI is InChI=1S/C12H17BrN2OS/c1-8-6-10(17-11(8)13)12(16)15-7-9-4-2-3-5-14-9/h6,9,14H,2-5,7H2,1H3,(H,15,16). The summed E-state index contributed by atoms with van der Waals surface area (Å²) in [5.74, 6) is 0.0381. The van der Waals surface area contributed by atoms with Gasteiger partial charge >= 0.3 is 0 Å². The molecule has 94 valence electrons. The average molecular weight is 317 g/mol. The molecule has 0 radical (unpaired) electrons. The second kappa shape index (κ2) is 5.98. The molecule has 1 aliphatic heterocycles. The van der Waals surface area contributed by atoms with Crippen LogP contribution >= 0.6 is 27.3 Å². The average Bonchev–Trinajstić information content (AvgIpc) is 2.68. The molecule has 1 amide bonds. The highest BCUT2D eigenvalue weighted by molar-refractivity contribution is 9.11. The Morgan fingerprint density at radius 3 is 3.06 bits per heavy atom. The zero-order valence-corrected chi connectivity index (χ0v) is 12.3. The minimum atomic E-state index is 0.0381. The molecule has 1 aliphatic rings. The van der Waals surface area contributed by atoms with E-state index in [1.807, 2.05) is 13.0 Å². The van der Waals surface area contributed by atoms with Crippen LogP contribution in [0.3, 0.4) is 0 Å². The van der Waals surface area contributed by atoms with Gasteiger partial charge in [-0.25, -0.2) is 0 Å². The van der Waals surface area contributed by atoms with E-state index in [1.54, 1.807) is 0 Å². The van der Waals surface area contributed by atoms with Crippen LogP contribution in [0.15, 0.2) is 9.85 Å². The van der Waals surface area contributed by atoms with E-state index in [2.05, 4.69) is 26.6 Å². The molecule has 5 heteroatoms. The lowest BCUT2D eigenvalue weighted by atomic mass is 10.1. The van der Waals surface area contributed by atoms with Crippen LogP contribution in [0.1, 0.15) is 34.5 Å². The number of carbonyl (C=O) groups excluding carboxylic acids is 1. The molecule has 2 N–H and O–H groups in total. The number of aryl methyl sites for hydroxylation is 1. The van der Waals surface area contributed by atoms with E-state index >= 15 is 0 Å². The molecular weight excluding hydrogens is 300 g/mol. The molecule has 1 saturated heterocycles. The summed E-state index contributed by atoms with van der Waals surface area (Å²) in [6.07, 6.45) is 3.67. The number of amides is 1. The third-order valence-corrected chi connectivity index (χ3v) is 5.14. The Hall–Kier alpha value is -0.390. The van der Waals surface area contributed by atoms with Crippen LogP contribution in [0.4, 0.5) is 0 Å². The molecule has 0 aliphatic carbocycles. The van der Waals surface area contributed by atoms with Gasteiger partial charge in [0.25, 0.3) is 5.91 Å². The summed E-state index contributed by atoms with van der Waals surface area (Å²) in [7, 11) is 0. The molecule has 3 nitrogen and oxygen atoms in total. The van der Waals surface area contributed by atoms with Gasteiger partial charge in [-0.1, -0.05) is 6.42 Å². The predicted octanol–water partition coefficient (Wildman–Crippen LogP) is 2.69. The summed E-state index contributed by atoms with van der Waals surface area (Å²) in [5.41, 5.74) is 1.12. The van der Waals surface area contributed by atoms with Crippen LogP contribution in [0, 0.1) is 6.92 Å². The Bertz CT molecular complexity index is 380. The van der Waals surface area contributed by atoms with Crippen molar-refractivity contribution in [3.63, 3.8) is 0 Å². The predicted molar refractivity (Wildman–Crippen MR) is 74.7 cm³/mol. The fourth-order valence-corrected chi connectivity index (χ4v) is 3.42. The SMILES string of the molecule is Cc1cc(C(=O)NCC2CCCCN2)sc1Br. The van der Waals surface area contributed by atoms with Crippen molar-refractivity contribution in [1.29, 1.82) is 0 Å². The molecule has 2 rings (SSSR count). The minimum Gasteiger partial charge on any atom is -0.350 e. The first-order valence-electron chi connectivity index (χ1n) is 5.94. The maximum atomic E-state index is 11.9. The molecule has 0 spiro atoms. The molecule has 0 aromatic carbocycles. The van der Waals surface area contributed by atoms with Gasteiger partial charge in [-0.3, -0.25) is 4.79 Å². The summed E-state index contributed by atoms with van der Waals surface area (Å²) in [5, 5.41) is 6.42. The Morgan fingerprint density at radius 2 is 2.47 bits per heavy atom. The second-order valence-electron chi connectivity index (χ2n) is 4.42.